The molecule has 0 radical (unpaired) electrons. The summed E-state index contributed by atoms with van der Waals surface area (Å²) in [6.45, 7) is 1.97. The van der Waals surface area contributed by atoms with Crippen LogP contribution in [-0.4, -0.2) is 62.6 Å². The number of aryl methyl sites for hydroxylation is 2. The van der Waals surface area contributed by atoms with Crippen LogP contribution in [0.3, 0.4) is 0 Å². The molecule has 1 amide bonds. The summed E-state index contributed by atoms with van der Waals surface area (Å²) in [5.41, 5.74) is 2.48. The lowest BCUT2D eigenvalue weighted by molar-refractivity contribution is -0.151. The minimum absolute atomic E-state index is 0.0733. The Morgan fingerprint density at radius 1 is 1.18 bits per heavy atom. The van der Waals surface area contributed by atoms with Gasteiger partial charge in [-0.2, -0.15) is 0 Å². The summed E-state index contributed by atoms with van der Waals surface area (Å²) in [4.78, 5) is 32.6. The molecule has 196 valence electrons. The SMILES string of the molecule is COc1ccc(COC(=O)C2=C(CCc3nnc(C)s3)CS[C@@H]3[C@H](/N=C\c4ccccc4O)C(=O)N23)cc1. The molecule has 0 unspecified atom stereocenters. The number of rotatable bonds is 9. The maximum Gasteiger partial charge on any atom is 0.355 e. The number of β-lactam (4-membered cyclic amide) rings is 1. The first-order chi connectivity index (χ1) is 18.4. The molecule has 3 aromatic rings. The van der Waals surface area contributed by atoms with Gasteiger partial charge in [0.1, 0.15) is 39.2 Å². The van der Waals surface area contributed by atoms with E-state index in [4.69, 9.17) is 9.47 Å². The molecule has 9 nitrogen and oxygen atoms in total. The Morgan fingerprint density at radius 2 is 1.97 bits per heavy atom. The minimum Gasteiger partial charge on any atom is -0.507 e. The van der Waals surface area contributed by atoms with Gasteiger partial charge in [0, 0.05) is 24.0 Å². The number of phenolic OH excluding ortho intramolecular Hbond substituents is 1. The smallest absolute Gasteiger partial charge is 0.355 e. The van der Waals surface area contributed by atoms with Crippen LogP contribution in [0.15, 0.2) is 64.8 Å². The summed E-state index contributed by atoms with van der Waals surface area (Å²) in [6, 6.07) is 13.4. The third kappa shape index (κ3) is 5.44. The van der Waals surface area contributed by atoms with Crippen molar-refractivity contribution < 1.29 is 24.2 Å². The van der Waals surface area contributed by atoms with Crippen molar-refractivity contribution in [3.05, 3.63) is 80.9 Å². The Hall–Kier alpha value is -3.70. The Labute approximate surface area is 228 Å². The molecule has 0 spiro atoms. The lowest BCUT2D eigenvalue weighted by Gasteiger charge is -2.48. The Balaban J connectivity index is 1.35. The van der Waals surface area contributed by atoms with Gasteiger partial charge in [-0.15, -0.1) is 33.3 Å². The highest BCUT2D eigenvalue weighted by molar-refractivity contribution is 8.00. The molecule has 0 bridgehead atoms. The van der Waals surface area contributed by atoms with Crippen molar-refractivity contribution in [1.29, 1.82) is 0 Å². The molecule has 5 rings (SSSR count). The predicted molar refractivity (Wildman–Crippen MR) is 145 cm³/mol. The van der Waals surface area contributed by atoms with E-state index < -0.39 is 12.0 Å². The highest BCUT2D eigenvalue weighted by atomic mass is 32.2. The minimum atomic E-state index is -0.642. The molecular formula is C27H26N4O5S2. The normalized spacial score (nSPS) is 18.9. The number of fused-ring (bicyclic) bond motifs is 1. The molecule has 2 aliphatic heterocycles. The Morgan fingerprint density at radius 3 is 2.68 bits per heavy atom. The number of hydrogen-bond acceptors (Lipinski definition) is 10. The fourth-order valence-corrected chi connectivity index (χ4v) is 6.33. The number of phenols is 1. The monoisotopic (exact) mass is 550 g/mol. The van der Waals surface area contributed by atoms with Crippen LogP contribution in [0.2, 0.25) is 0 Å². The first-order valence-electron chi connectivity index (χ1n) is 12.0. The average molecular weight is 551 g/mol. The molecule has 0 aliphatic carbocycles. The summed E-state index contributed by atoms with van der Waals surface area (Å²) in [7, 11) is 1.59. The lowest BCUT2D eigenvalue weighted by atomic mass is 10.0. The third-order valence-corrected chi connectivity index (χ3v) is 8.48. The van der Waals surface area contributed by atoms with Crippen molar-refractivity contribution in [2.24, 2.45) is 4.99 Å². The average Bonchev–Trinajstić information content (AvgIpc) is 3.36. The van der Waals surface area contributed by atoms with Crippen molar-refractivity contribution >= 4 is 41.2 Å². The fraction of sp³-hybridized carbons (Fsp3) is 0.296. The van der Waals surface area contributed by atoms with Gasteiger partial charge in [0.15, 0.2) is 6.04 Å². The molecule has 2 aromatic carbocycles. The second kappa shape index (κ2) is 11.4. The highest BCUT2D eigenvalue weighted by Gasteiger charge is 2.53. The highest BCUT2D eigenvalue weighted by Crippen LogP contribution is 2.43. The number of hydrogen-bond donors (Lipinski definition) is 1. The van der Waals surface area contributed by atoms with Gasteiger partial charge in [-0.3, -0.25) is 14.7 Å². The standard InChI is InChI=1S/C27H26N4O5S2/c1-16-29-30-22(38-16)12-9-19-15-37-26-23(28-13-18-5-3-4-6-21(18)32)25(33)31(26)24(19)27(34)36-14-17-7-10-20(35-2)11-8-17/h3-8,10-11,13,23,26,32H,9,12,14-15H2,1-2H3/b28-13-/t23-,26-/m1/s1. The lowest BCUT2D eigenvalue weighted by Crippen LogP contribution is -2.64. The summed E-state index contributed by atoms with van der Waals surface area (Å²) in [5, 5.41) is 19.7. The van der Waals surface area contributed by atoms with Crippen molar-refractivity contribution in [1.82, 2.24) is 15.1 Å². The summed E-state index contributed by atoms with van der Waals surface area (Å²) < 4.78 is 10.9. The molecule has 1 aromatic heterocycles. The molecule has 11 heteroatoms. The van der Waals surface area contributed by atoms with Gasteiger partial charge in [-0.05, 0) is 48.7 Å². The zero-order valence-corrected chi connectivity index (χ0v) is 22.5. The number of esters is 1. The number of aromatic nitrogens is 2. The third-order valence-electron chi connectivity index (χ3n) is 6.26. The van der Waals surface area contributed by atoms with E-state index in [2.05, 4.69) is 15.2 Å². The van der Waals surface area contributed by atoms with E-state index >= 15 is 0 Å². The van der Waals surface area contributed by atoms with E-state index in [0.29, 0.717) is 35.6 Å². The van der Waals surface area contributed by atoms with Crippen LogP contribution < -0.4 is 4.74 Å². The van der Waals surface area contributed by atoms with Gasteiger partial charge in [0.2, 0.25) is 0 Å². The van der Waals surface area contributed by atoms with Crippen LogP contribution in [0.4, 0.5) is 0 Å². The van der Waals surface area contributed by atoms with Gasteiger partial charge in [-0.1, -0.05) is 24.3 Å². The van der Waals surface area contributed by atoms with Crippen LogP contribution in [-0.2, 0) is 27.4 Å². The number of carbonyl (C=O) groups excluding carboxylic acids is 2. The van der Waals surface area contributed by atoms with Crippen molar-refractivity contribution in [2.45, 2.75) is 37.8 Å². The van der Waals surface area contributed by atoms with Crippen molar-refractivity contribution in [2.75, 3.05) is 12.9 Å². The summed E-state index contributed by atoms with van der Waals surface area (Å²) in [5.74, 6) is 0.571. The molecule has 0 saturated carbocycles. The summed E-state index contributed by atoms with van der Waals surface area (Å²) in [6.07, 6.45) is 2.70. The first-order valence-corrected chi connectivity index (χ1v) is 13.9. The van der Waals surface area contributed by atoms with Gasteiger partial charge in [0.25, 0.3) is 5.91 Å². The number of nitrogens with zero attached hydrogens (tertiary/aromatic N) is 4. The number of thioether (sulfide) groups is 1. The molecular weight excluding hydrogens is 524 g/mol. The van der Waals surface area contributed by atoms with Crippen LogP contribution in [0, 0.1) is 6.92 Å². The quantitative estimate of drug-likeness (QED) is 0.243. The number of aromatic hydroxyl groups is 1. The van der Waals surface area contributed by atoms with Crippen LogP contribution in [0.5, 0.6) is 11.5 Å². The van der Waals surface area contributed by atoms with Gasteiger partial charge in [-0.25, -0.2) is 4.79 Å². The number of para-hydroxylation sites is 1. The first kappa shape index (κ1) is 25.9. The largest absolute Gasteiger partial charge is 0.507 e. The molecule has 3 heterocycles. The fourth-order valence-electron chi connectivity index (χ4n) is 4.24. The number of carbonyl (C=O) groups is 2. The number of aliphatic imine (C=N–C) groups is 1. The topological polar surface area (TPSA) is 114 Å². The molecule has 1 N–H and O–H groups in total. The maximum atomic E-state index is 13.4. The molecule has 38 heavy (non-hydrogen) atoms. The predicted octanol–water partition coefficient (Wildman–Crippen LogP) is 3.89. The van der Waals surface area contributed by atoms with Crippen molar-refractivity contribution in [3.63, 3.8) is 0 Å². The second-order valence-electron chi connectivity index (χ2n) is 8.78. The zero-order valence-electron chi connectivity index (χ0n) is 20.9. The van der Waals surface area contributed by atoms with E-state index in [1.807, 2.05) is 19.1 Å². The van der Waals surface area contributed by atoms with Crippen molar-refractivity contribution in [3.8, 4) is 11.5 Å². The van der Waals surface area contributed by atoms with Crippen LogP contribution in [0.1, 0.15) is 27.6 Å². The number of amides is 1. The van der Waals surface area contributed by atoms with Gasteiger partial charge in [0.05, 0.1) is 7.11 Å². The van der Waals surface area contributed by atoms with E-state index in [1.54, 1.807) is 55.3 Å². The van der Waals surface area contributed by atoms with E-state index in [1.165, 1.54) is 22.5 Å². The summed E-state index contributed by atoms with van der Waals surface area (Å²) >= 11 is 3.09. The van der Waals surface area contributed by atoms with E-state index in [-0.39, 0.29) is 23.6 Å². The Bertz CT molecular complexity index is 1400. The molecule has 2 aliphatic rings. The van der Waals surface area contributed by atoms with E-state index in [0.717, 1.165) is 21.2 Å². The Kier molecular flexibility index (Phi) is 7.75. The molecule has 2 atom stereocenters. The number of ether oxygens (including phenoxy) is 2. The van der Waals surface area contributed by atoms with E-state index in [9.17, 15) is 14.7 Å². The van der Waals surface area contributed by atoms with Crippen LogP contribution >= 0.6 is 23.1 Å². The molecule has 1 saturated heterocycles. The number of benzene rings is 2. The van der Waals surface area contributed by atoms with Gasteiger partial charge < -0.3 is 14.6 Å². The van der Waals surface area contributed by atoms with Gasteiger partial charge >= 0.3 is 5.97 Å². The molecule has 1 fully saturated rings. The van der Waals surface area contributed by atoms with Crippen LogP contribution in [0.25, 0.3) is 0 Å². The number of methoxy groups -OCH3 is 1. The second-order valence-corrected chi connectivity index (χ2v) is 11.2. The maximum absolute atomic E-state index is 13.4. The zero-order chi connectivity index (χ0) is 26.6.